The molecule has 0 nitrogen and oxygen atoms in total. The summed E-state index contributed by atoms with van der Waals surface area (Å²) in [5.41, 5.74) is 7.22. The fraction of sp³-hybridized carbons (Fsp3) is 0.158. The van der Waals surface area contributed by atoms with E-state index in [1.54, 1.807) is 0 Å². The Kier molecular flexibility index (Phi) is 2.84. The molecule has 2 aliphatic rings. The van der Waals surface area contributed by atoms with Crippen LogP contribution in [0.1, 0.15) is 41.0 Å². The minimum absolute atomic E-state index is 0.498. The summed E-state index contributed by atoms with van der Waals surface area (Å²) in [6.45, 7) is 2.36. The summed E-state index contributed by atoms with van der Waals surface area (Å²) in [6, 6.07) is 17.7. The molecule has 1 heteroatoms. The highest BCUT2D eigenvalue weighted by molar-refractivity contribution is 14.1. The number of allylic oxidation sites excluding steroid dienone is 2. The molecule has 0 spiro atoms. The highest BCUT2D eigenvalue weighted by atomic mass is 127. The molecule has 98 valence electrons. The Balaban J connectivity index is 2.01. The first-order valence-corrected chi connectivity index (χ1v) is 8.11. The summed E-state index contributed by atoms with van der Waals surface area (Å²) in [4.78, 5) is 0. The van der Waals surface area contributed by atoms with Gasteiger partial charge < -0.3 is 0 Å². The van der Waals surface area contributed by atoms with Crippen LogP contribution in [-0.2, 0) is 0 Å². The van der Waals surface area contributed by atoms with E-state index >= 15 is 0 Å². The Labute approximate surface area is 133 Å². The predicted octanol–water partition coefficient (Wildman–Crippen LogP) is 5.76. The molecule has 4 rings (SSSR count). The van der Waals surface area contributed by atoms with E-state index in [0.29, 0.717) is 11.8 Å². The first-order chi connectivity index (χ1) is 9.77. The van der Waals surface area contributed by atoms with Crippen molar-refractivity contribution in [3.05, 3.63) is 82.4 Å². The first kappa shape index (κ1) is 12.4. The van der Waals surface area contributed by atoms with Crippen LogP contribution in [-0.4, -0.2) is 0 Å². The molecule has 2 atom stereocenters. The van der Waals surface area contributed by atoms with Crippen LogP contribution in [0.15, 0.2) is 60.2 Å². The smallest absolute Gasteiger partial charge is 0.0244 e. The van der Waals surface area contributed by atoms with Crippen LogP contribution in [0.5, 0.6) is 0 Å². The molecular weight excluding hydrogens is 355 g/mol. The molecule has 2 aliphatic carbocycles. The van der Waals surface area contributed by atoms with E-state index in [1.807, 2.05) is 0 Å². The summed E-state index contributed by atoms with van der Waals surface area (Å²) >= 11 is 2.52. The largest absolute Gasteiger partial charge is 0.0619 e. The van der Waals surface area contributed by atoms with Crippen LogP contribution in [0.3, 0.4) is 0 Å². The molecule has 0 bridgehead atoms. The molecule has 2 aromatic carbocycles. The van der Waals surface area contributed by atoms with Crippen molar-refractivity contribution < 1.29 is 0 Å². The second-order valence-corrected chi connectivity index (χ2v) is 6.66. The van der Waals surface area contributed by atoms with Crippen LogP contribution in [0, 0.1) is 0 Å². The zero-order valence-corrected chi connectivity index (χ0v) is 13.5. The second-order valence-electron chi connectivity index (χ2n) is 5.59. The zero-order valence-electron chi connectivity index (χ0n) is 11.3. The monoisotopic (exact) mass is 370 g/mol. The molecule has 2 unspecified atom stereocenters. The van der Waals surface area contributed by atoms with Crippen molar-refractivity contribution in [1.82, 2.24) is 0 Å². The van der Waals surface area contributed by atoms with Gasteiger partial charge in [-0.25, -0.2) is 0 Å². The third-order valence-electron chi connectivity index (χ3n) is 4.55. The zero-order chi connectivity index (χ0) is 13.7. The average Bonchev–Trinajstić information content (AvgIpc) is 2.51. The van der Waals surface area contributed by atoms with E-state index in [9.17, 15) is 0 Å². The normalized spacial score (nSPS) is 23.1. The third-order valence-corrected chi connectivity index (χ3v) is 5.75. The number of hydrogen-bond donors (Lipinski definition) is 0. The third kappa shape index (κ3) is 1.65. The van der Waals surface area contributed by atoms with Gasteiger partial charge in [0.1, 0.15) is 0 Å². The van der Waals surface area contributed by atoms with Crippen LogP contribution in [0.25, 0.3) is 9.66 Å². The van der Waals surface area contributed by atoms with E-state index in [-0.39, 0.29) is 0 Å². The van der Waals surface area contributed by atoms with Gasteiger partial charge in [0.2, 0.25) is 0 Å². The van der Waals surface area contributed by atoms with E-state index in [1.165, 1.54) is 31.4 Å². The van der Waals surface area contributed by atoms with Crippen LogP contribution >= 0.6 is 22.6 Å². The van der Waals surface area contributed by atoms with E-state index in [2.05, 4.69) is 90.2 Å². The maximum Gasteiger partial charge on any atom is 0.0244 e. The average molecular weight is 370 g/mol. The fourth-order valence-corrected chi connectivity index (χ4v) is 4.58. The van der Waals surface area contributed by atoms with Gasteiger partial charge >= 0.3 is 0 Å². The minimum Gasteiger partial charge on any atom is -0.0619 e. The molecule has 0 N–H and O–H groups in total. The Bertz CT molecular complexity index is 752. The second kappa shape index (κ2) is 4.59. The lowest BCUT2D eigenvalue weighted by Gasteiger charge is -2.36. The molecule has 0 radical (unpaired) electrons. The topological polar surface area (TPSA) is 0 Å². The Hall–Kier alpha value is -1.35. The molecule has 0 saturated carbocycles. The number of rotatable bonds is 0. The maximum absolute atomic E-state index is 2.52. The standard InChI is InChI=1S/C19H15I/c1-12-14-7-4-5-9-16(14)19(20)17-11-10-13-6-2-3-8-15(13)18(12)17/h2-12,18H,1H3. The van der Waals surface area contributed by atoms with Crippen molar-refractivity contribution >= 4 is 32.2 Å². The summed E-state index contributed by atoms with van der Waals surface area (Å²) in [5.74, 6) is 1.03. The van der Waals surface area contributed by atoms with Gasteiger partial charge in [-0.05, 0) is 56.3 Å². The van der Waals surface area contributed by atoms with E-state index < -0.39 is 0 Å². The van der Waals surface area contributed by atoms with Gasteiger partial charge in [-0.1, -0.05) is 67.6 Å². The Morgan fingerprint density at radius 2 is 1.55 bits per heavy atom. The summed E-state index contributed by atoms with van der Waals surface area (Å²) in [7, 11) is 0. The lowest BCUT2D eigenvalue weighted by molar-refractivity contribution is 0.646. The van der Waals surface area contributed by atoms with E-state index in [0.717, 1.165) is 0 Å². The fourth-order valence-electron chi connectivity index (χ4n) is 3.57. The minimum atomic E-state index is 0.498. The van der Waals surface area contributed by atoms with Gasteiger partial charge in [0.25, 0.3) is 0 Å². The predicted molar refractivity (Wildman–Crippen MR) is 94.0 cm³/mol. The molecule has 0 saturated heterocycles. The molecule has 0 heterocycles. The highest BCUT2D eigenvalue weighted by Gasteiger charge is 2.34. The number of fused-ring (bicyclic) bond motifs is 4. The quantitative estimate of drug-likeness (QED) is 0.517. The van der Waals surface area contributed by atoms with Gasteiger partial charge in [-0.15, -0.1) is 0 Å². The Morgan fingerprint density at radius 3 is 2.40 bits per heavy atom. The SMILES string of the molecule is CC1c2ccccc2C(I)=C2C=Cc3ccccc3C21. The molecule has 0 aromatic heterocycles. The van der Waals surface area contributed by atoms with Crippen molar-refractivity contribution in [3.63, 3.8) is 0 Å². The number of benzene rings is 2. The molecule has 0 aliphatic heterocycles. The van der Waals surface area contributed by atoms with Crippen LogP contribution in [0.4, 0.5) is 0 Å². The van der Waals surface area contributed by atoms with Gasteiger partial charge in [0.05, 0.1) is 0 Å². The number of halogens is 1. The molecule has 0 amide bonds. The van der Waals surface area contributed by atoms with Crippen molar-refractivity contribution in [2.45, 2.75) is 18.8 Å². The number of hydrogen-bond acceptors (Lipinski definition) is 0. The molecular formula is C19H15I. The summed E-state index contributed by atoms with van der Waals surface area (Å²) in [5, 5.41) is 0. The Morgan fingerprint density at radius 1 is 0.850 bits per heavy atom. The van der Waals surface area contributed by atoms with Gasteiger partial charge in [0, 0.05) is 9.50 Å². The van der Waals surface area contributed by atoms with Crippen LogP contribution < -0.4 is 0 Å². The van der Waals surface area contributed by atoms with Gasteiger partial charge in [-0.3, -0.25) is 0 Å². The van der Waals surface area contributed by atoms with Gasteiger partial charge in [-0.2, -0.15) is 0 Å². The molecule has 0 fully saturated rings. The lowest BCUT2D eigenvalue weighted by Crippen LogP contribution is -2.19. The maximum atomic E-state index is 2.52. The van der Waals surface area contributed by atoms with Crippen molar-refractivity contribution in [2.75, 3.05) is 0 Å². The van der Waals surface area contributed by atoms with Crippen LogP contribution in [0.2, 0.25) is 0 Å². The van der Waals surface area contributed by atoms with Gasteiger partial charge in [0.15, 0.2) is 0 Å². The molecule has 20 heavy (non-hydrogen) atoms. The van der Waals surface area contributed by atoms with Crippen molar-refractivity contribution in [2.24, 2.45) is 0 Å². The highest BCUT2D eigenvalue weighted by Crippen LogP contribution is 2.52. The summed E-state index contributed by atoms with van der Waals surface area (Å²) < 4.78 is 1.41. The van der Waals surface area contributed by atoms with E-state index in [4.69, 9.17) is 0 Å². The van der Waals surface area contributed by atoms with Crippen molar-refractivity contribution in [1.29, 1.82) is 0 Å². The summed E-state index contributed by atoms with van der Waals surface area (Å²) in [6.07, 6.45) is 4.59. The van der Waals surface area contributed by atoms with Crippen molar-refractivity contribution in [3.8, 4) is 0 Å². The first-order valence-electron chi connectivity index (χ1n) is 7.03. The molecule has 2 aromatic rings. The lowest BCUT2D eigenvalue weighted by atomic mass is 9.69.